The molecule has 2 unspecified atom stereocenters. The van der Waals surface area contributed by atoms with Crippen molar-refractivity contribution in [3.8, 4) is 0 Å². The van der Waals surface area contributed by atoms with Crippen molar-refractivity contribution in [3.63, 3.8) is 0 Å². The van der Waals surface area contributed by atoms with E-state index in [4.69, 9.17) is 5.73 Å². The van der Waals surface area contributed by atoms with Gasteiger partial charge in [0.05, 0.1) is 5.60 Å². The number of aromatic amines is 1. The average molecular weight is 296 g/mol. The second-order valence-electron chi connectivity index (χ2n) is 6.04. The number of nitrogen functional groups attached to an aromatic ring is 1. The smallest absolute Gasteiger partial charge is 0.330 e. The summed E-state index contributed by atoms with van der Waals surface area (Å²) in [5, 5.41) is 13.5. The first-order chi connectivity index (χ1) is 9.86. The van der Waals surface area contributed by atoms with Crippen LogP contribution in [-0.2, 0) is 6.54 Å². The second kappa shape index (κ2) is 5.93. The van der Waals surface area contributed by atoms with Crippen LogP contribution in [0.1, 0.15) is 39.5 Å². The molecule has 1 fully saturated rings. The molecular weight excluding hydrogens is 272 g/mol. The molecule has 1 aromatic heterocycles. The van der Waals surface area contributed by atoms with Crippen molar-refractivity contribution in [2.75, 3.05) is 17.6 Å². The quantitative estimate of drug-likeness (QED) is 0.646. The normalized spacial score (nSPS) is 25.8. The van der Waals surface area contributed by atoms with Gasteiger partial charge < -0.3 is 16.2 Å². The predicted octanol–water partition coefficient (Wildman–Crippen LogP) is 0.492. The molecule has 1 aromatic rings. The van der Waals surface area contributed by atoms with Crippen molar-refractivity contribution in [1.29, 1.82) is 0 Å². The number of nitrogens with zero attached hydrogens (tertiary/aromatic N) is 1. The Bertz CT molecular complexity index is 622. The summed E-state index contributed by atoms with van der Waals surface area (Å²) in [5.74, 6) is 0.574. The van der Waals surface area contributed by atoms with Gasteiger partial charge >= 0.3 is 5.69 Å². The second-order valence-corrected chi connectivity index (χ2v) is 6.04. The summed E-state index contributed by atoms with van der Waals surface area (Å²) >= 11 is 0. The van der Waals surface area contributed by atoms with E-state index in [-0.39, 0.29) is 18.1 Å². The summed E-state index contributed by atoms with van der Waals surface area (Å²) in [6.07, 6.45) is 3.49. The minimum Gasteiger partial charge on any atom is -0.388 e. The maximum Gasteiger partial charge on any atom is 0.330 e. The van der Waals surface area contributed by atoms with E-state index in [2.05, 4.69) is 17.2 Å². The highest BCUT2D eigenvalue weighted by molar-refractivity contribution is 5.60. The number of hydrogen-bond donors (Lipinski definition) is 4. The van der Waals surface area contributed by atoms with Crippen LogP contribution in [0.2, 0.25) is 0 Å². The highest BCUT2D eigenvalue weighted by Gasteiger charge is 2.32. The van der Waals surface area contributed by atoms with Crippen molar-refractivity contribution < 1.29 is 5.11 Å². The molecule has 1 saturated carbocycles. The van der Waals surface area contributed by atoms with E-state index in [1.54, 1.807) is 6.92 Å². The van der Waals surface area contributed by atoms with Crippen molar-refractivity contribution >= 4 is 11.5 Å². The zero-order valence-electron chi connectivity index (χ0n) is 12.6. The van der Waals surface area contributed by atoms with Gasteiger partial charge in [0.15, 0.2) is 0 Å². The van der Waals surface area contributed by atoms with Gasteiger partial charge in [0.25, 0.3) is 5.56 Å². The van der Waals surface area contributed by atoms with Crippen LogP contribution in [0.25, 0.3) is 0 Å². The van der Waals surface area contributed by atoms with Gasteiger partial charge in [0, 0.05) is 13.1 Å². The summed E-state index contributed by atoms with van der Waals surface area (Å²) in [7, 11) is 0. The van der Waals surface area contributed by atoms with Gasteiger partial charge in [-0.15, -0.1) is 0 Å². The Balaban J connectivity index is 2.20. The van der Waals surface area contributed by atoms with E-state index in [0.29, 0.717) is 25.3 Å². The number of nitrogens with one attached hydrogen (secondary N) is 2. The molecule has 0 amide bonds. The fourth-order valence-corrected chi connectivity index (χ4v) is 3.12. The maximum absolute atomic E-state index is 11.9. The molecule has 0 aromatic carbocycles. The van der Waals surface area contributed by atoms with Gasteiger partial charge in [-0.05, 0) is 25.7 Å². The Morgan fingerprint density at radius 3 is 2.86 bits per heavy atom. The van der Waals surface area contributed by atoms with E-state index in [1.807, 2.05) is 0 Å². The molecule has 7 heteroatoms. The van der Waals surface area contributed by atoms with Gasteiger partial charge in [-0.3, -0.25) is 14.3 Å². The molecule has 1 aliphatic rings. The molecule has 1 aliphatic carbocycles. The largest absolute Gasteiger partial charge is 0.388 e. The van der Waals surface area contributed by atoms with Crippen LogP contribution in [0.15, 0.2) is 9.59 Å². The molecule has 2 atom stereocenters. The first kappa shape index (κ1) is 15.6. The fourth-order valence-electron chi connectivity index (χ4n) is 3.12. The summed E-state index contributed by atoms with van der Waals surface area (Å²) in [5.41, 5.74) is 4.14. The van der Waals surface area contributed by atoms with Crippen molar-refractivity contribution in [2.45, 2.75) is 51.7 Å². The van der Waals surface area contributed by atoms with Crippen LogP contribution >= 0.6 is 0 Å². The Labute approximate surface area is 123 Å². The molecule has 0 radical (unpaired) electrons. The first-order valence-corrected chi connectivity index (χ1v) is 7.45. The van der Waals surface area contributed by atoms with Crippen LogP contribution in [0, 0.1) is 5.92 Å². The van der Waals surface area contributed by atoms with Crippen molar-refractivity contribution in [3.05, 3.63) is 20.8 Å². The van der Waals surface area contributed by atoms with Gasteiger partial charge in [0.2, 0.25) is 0 Å². The lowest BCUT2D eigenvalue weighted by atomic mass is 9.79. The number of hydrogen-bond acceptors (Lipinski definition) is 5. The van der Waals surface area contributed by atoms with Gasteiger partial charge in [-0.25, -0.2) is 4.79 Å². The molecular formula is C14H24N4O3. The molecule has 2 rings (SSSR count). The monoisotopic (exact) mass is 296 g/mol. The molecule has 0 bridgehead atoms. The Kier molecular flexibility index (Phi) is 4.41. The maximum atomic E-state index is 11.9. The summed E-state index contributed by atoms with van der Waals surface area (Å²) in [4.78, 5) is 25.7. The van der Waals surface area contributed by atoms with E-state index in [9.17, 15) is 14.7 Å². The number of rotatable bonds is 4. The molecule has 21 heavy (non-hydrogen) atoms. The van der Waals surface area contributed by atoms with Gasteiger partial charge in [-0.2, -0.15) is 0 Å². The number of anilines is 2. The first-order valence-electron chi connectivity index (χ1n) is 7.45. The predicted molar refractivity (Wildman–Crippen MR) is 82.5 cm³/mol. The Morgan fingerprint density at radius 1 is 1.52 bits per heavy atom. The van der Waals surface area contributed by atoms with Crippen LogP contribution in [0.3, 0.4) is 0 Å². The van der Waals surface area contributed by atoms with Gasteiger partial charge in [-0.1, -0.05) is 19.8 Å². The highest BCUT2D eigenvalue weighted by atomic mass is 16.3. The lowest BCUT2D eigenvalue weighted by Gasteiger charge is -2.35. The lowest BCUT2D eigenvalue weighted by Crippen LogP contribution is -2.43. The number of nitrogens with two attached hydrogens (primary N) is 1. The summed E-state index contributed by atoms with van der Waals surface area (Å²) in [6.45, 7) is 4.52. The third-order valence-corrected chi connectivity index (χ3v) is 4.22. The third kappa shape index (κ3) is 3.29. The molecule has 0 spiro atoms. The Hall–Kier alpha value is -1.76. The van der Waals surface area contributed by atoms with Crippen LogP contribution in [0.4, 0.5) is 11.5 Å². The SMILES string of the molecule is CCn1c(N)c(NCC2(O)CCCC(C)C2)c(=O)[nH]c1=O. The zero-order valence-corrected chi connectivity index (χ0v) is 12.6. The molecule has 1 heterocycles. The van der Waals surface area contributed by atoms with Gasteiger partial charge in [0.1, 0.15) is 11.5 Å². The van der Waals surface area contributed by atoms with E-state index in [0.717, 1.165) is 12.8 Å². The van der Waals surface area contributed by atoms with Crippen molar-refractivity contribution in [1.82, 2.24) is 9.55 Å². The molecule has 0 saturated heterocycles. The molecule has 0 aliphatic heterocycles. The summed E-state index contributed by atoms with van der Waals surface area (Å²) < 4.78 is 1.29. The number of aliphatic hydroxyl groups is 1. The van der Waals surface area contributed by atoms with E-state index < -0.39 is 16.9 Å². The molecule has 5 N–H and O–H groups in total. The van der Waals surface area contributed by atoms with Crippen LogP contribution in [0.5, 0.6) is 0 Å². The Morgan fingerprint density at radius 2 is 2.24 bits per heavy atom. The van der Waals surface area contributed by atoms with E-state index in [1.165, 1.54) is 4.57 Å². The van der Waals surface area contributed by atoms with Crippen LogP contribution < -0.4 is 22.3 Å². The minimum absolute atomic E-state index is 0.110. The highest BCUT2D eigenvalue weighted by Crippen LogP contribution is 2.32. The van der Waals surface area contributed by atoms with Crippen LogP contribution in [-0.4, -0.2) is 26.8 Å². The minimum atomic E-state index is -0.830. The van der Waals surface area contributed by atoms with Crippen molar-refractivity contribution in [2.24, 2.45) is 5.92 Å². The third-order valence-electron chi connectivity index (χ3n) is 4.22. The number of aromatic nitrogens is 2. The molecule has 7 nitrogen and oxygen atoms in total. The standard InChI is InChI=1S/C14H24N4O3/c1-3-18-11(15)10(12(19)17-13(18)20)16-8-14(21)6-4-5-9(2)7-14/h9,16,21H,3-8,15H2,1-2H3,(H,17,19,20). The topological polar surface area (TPSA) is 113 Å². The zero-order chi connectivity index (χ0) is 15.6. The lowest BCUT2D eigenvalue weighted by molar-refractivity contribution is -0.000773. The average Bonchev–Trinajstić information content (AvgIpc) is 2.38. The molecule has 118 valence electrons. The number of H-pyrrole nitrogens is 1. The fraction of sp³-hybridized carbons (Fsp3) is 0.714. The summed E-state index contributed by atoms with van der Waals surface area (Å²) in [6, 6.07) is 0. The van der Waals surface area contributed by atoms with E-state index >= 15 is 0 Å².